The van der Waals surface area contributed by atoms with Gasteiger partial charge >= 0.3 is 6.03 Å². The van der Waals surface area contributed by atoms with Crippen LogP contribution >= 0.6 is 0 Å². The van der Waals surface area contributed by atoms with Gasteiger partial charge in [-0.2, -0.15) is 0 Å². The van der Waals surface area contributed by atoms with E-state index in [4.69, 9.17) is 10.5 Å². The number of hydrogen-bond donors (Lipinski definition) is 4. The monoisotopic (exact) mass is 346 g/mol. The van der Waals surface area contributed by atoms with Gasteiger partial charge in [0.2, 0.25) is 5.91 Å². The zero-order valence-electron chi connectivity index (χ0n) is 13.8. The van der Waals surface area contributed by atoms with Crippen molar-refractivity contribution in [2.24, 2.45) is 11.7 Å². The molecule has 2 aliphatic heterocycles. The minimum atomic E-state index is -0.457. The fourth-order valence-corrected chi connectivity index (χ4v) is 3.29. The van der Waals surface area contributed by atoms with Gasteiger partial charge in [0, 0.05) is 31.1 Å². The number of nitrogens with one attached hydrogen (secondary N) is 3. The third kappa shape index (κ3) is 4.08. The van der Waals surface area contributed by atoms with Gasteiger partial charge in [-0.15, -0.1) is 0 Å². The second-order valence-electron chi connectivity index (χ2n) is 6.29. The predicted molar refractivity (Wildman–Crippen MR) is 89.5 cm³/mol. The van der Waals surface area contributed by atoms with Crippen LogP contribution < -0.4 is 21.7 Å². The highest BCUT2D eigenvalue weighted by Gasteiger charge is 2.39. The van der Waals surface area contributed by atoms with E-state index in [9.17, 15) is 14.4 Å². The first-order valence-electron chi connectivity index (χ1n) is 8.39. The Labute approximate surface area is 145 Å². The molecule has 2 saturated heterocycles. The van der Waals surface area contributed by atoms with Crippen LogP contribution in [0.3, 0.4) is 0 Å². The van der Waals surface area contributed by atoms with Crippen LogP contribution in [0, 0.1) is 5.92 Å². The van der Waals surface area contributed by atoms with Crippen LogP contribution in [-0.4, -0.2) is 37.2 Å². The number of carbonyl (C=O) groups is 3. The molecule has 25 heavy (non-hydrogen) atoms. The second kappa shape index (κ2) is 7.52. The first-order valence-corrected chi connectivity index (χ1v) is 8.39. The van der Waals surface area contributed by atoms with E-state index in [0.717, 1.165) is 18.4 Å². The van der Waals surface area contributed by atoms with Crippen molar-refractivity contribution in [1.82, 2.24) is 16.0 Å². The van der Waals surface area contributed by atoms with Gasteiger partial charge in [0.25, 0.3) is 5.91 Å². The Balaban J connectivity index is 1.67. The van der Waals surface area contributed by atoms with Crippen LogP contribution in [-0.2, 0) is 9.53 Å². The molecule has 4 amide bonds. The maximum absolute atomic E-state index is 12.0. The van der Waals surface area contributed by atoms with Crippen molar-refractivity contribution in [2.75, 3.05) is 13.2 Å². The second-order valence-corrected chi connectivity index (χ2v) is 6.29. The topological polar surface area (TPSA) is 123 Å². The highest BCUT2D eigenvalue weighted by Crippen LogP contribution is 2.34. The first-order chi connectivity index (χ1) is 12.0. The van der Waals surface area contributed by atoms with E-state index in [-0.39, 0.29) is 43.1 Å². The number of urea groups is 1. The largest absolute Gasteiger partial charge is 0.370 e. The quantitative estimate of drug-likeness (QED) is 0.616. The maximum Gasteiger partial charge on any atom is 0.317 e. The van der Waals surface area contributed by atoms with Crippen LogP contribution in [0.1, 0.15) is 41.2 Å². The lowest BCUT2D eigenvalue weighted by atomic mass is 9.85. The Morgan fingerprint density at radius 3 is 2.72 bits per heavy atom. The number of benzene rings is 1. The summed E-state index contributed by atoms with van der Waals surface area (Å²) < 4.78 is 5.66. The zero-order chi connectivity index (χ0) is 17.8. The Morgan fingerprint density at radius 2 is 2.00 bits per heavy atom. The molecule has 0 aromatic heterocycles. The van der Waals surface area contributed by atoms with E-state index in [1.165, 1.54) is 0 Å². The van der Waals surface area contributed by atoms with Crippen molar-refractivity contribution in [2.45, 2.75) is 31.5 Å². The van der Waals surface area contributed by atoms with E-state index in [1.54, 1.807) is 12.1 Å². The molecule has 0 unspecified atom stereocenters. The summed E-state index contributed by atoms with van der Waals surface area (Å²) in [5, 5.41) is 8.39. The Kier molecular flexibility index (Phi) is 5.18. The fraction of sp³-hybridized carbons (Fsp3) is 0.471. The fourth-order valence-electron chi connectivity index (χ4n) is 3.29. The summed E-state index contributed by atoms with van der Waals surface area (Å²) in [5.74, 6) is -0.565. The lowest BCUT2D eigenvalue weighted by Gasteiger charge is -2.41. The molecule has 0 aliphatic carbocycles. The highest BCUT2D eigenvalue weighted by molar-refractivity contribution is 5.94. The van der Waals surface area contributed by atoms with Crippen molar-refractivity contribution in [3.05, 3.63) is 35.4 Å². The van der Waals surface area contributed by atoms with Crippen molar-refractivity contribution >= 4 is 17.8 Å². The molecule has 0 spiro atoms. The van der Waals surface area contributed by atoms with Crippen LogP contribution in [0.4, 0.5) is 4.79 Å². The summed E-state index contributed by atoms with van der Waals surface area (Å²) in [6.45, 7) is 0.861. The minimum Gasteiger partial charge on any atom is -0.370 e. The molecule has 1 aromatic carbocycles. The molecule has 3 atom stereocenters. The molecular weight excluding hydrogens is 324 g/mol. The standard InChI is InChI=1S/C17H22N4O4/c18-13(22)7-8-19-15(23)11-5-3-10(4-6-11)14-12-2-1-9-25-16(12)21-17(24)20-14/h3-6,12,14,16H,1-2,7-9H2,(H2,18,22)(H,19,23)(H2,20,21,24)/t12-,14-,16-/m0/s1. The Morgan fingerprint density at radius 1 is 1.24 bits per heavy atom. The summed E-state index contributed by atoms with van der Waals surface area (Å²) in [4.78, 5) is 34.6. The summed E-state index contributed by atoms with van der Waals surface area (Å²) in [6.07, 6.45) is 1.74. The molecule has 3 rings (SSSR count). The molecule has 0 saturated carbocycles. The molecular formula is C17H22N4O4. The number of hydrogen-bond acceptors (Lipinski definition) is 4. The van der Waals surface area contributed by atoms with Crippen molar-refractivity contribution in [3.8, 4) is 0 Å². The van der Waals surface area contributed by atoms with E-state index in [0.29, 0.717) is 12.2 Å². The number of primary amides is 1. The molecule has 134 valence electrons. The van der Waals surface area contributed by atoms with E-state index in [2.05, 4.69) is 16.0 Å². The molecule has 2 heterocycles. The number of fused-ring (bicyclic) bond motifs is 1. The Hall–Kier alpha value is -2.61. The van der Waals surface area contributed by atoms with Crippen molar-refractivity contribution < 1.29 is 19.1 Å². The van der Waals surface area contributed by atoms with Crippen LogP contribution in [0.25, 0.3) is 0 Å². The van der Waals surface area contributed by atoms with Gasteiger partial charge in [-0.25, -0.2) is 4.79 Å². The molecule has 1 aromatic rings. The lowest BCUT2D eigenvalue weighted by molar-refractivity contribution is -0.117. The van der Waals surface area contributed by atoms with Crippen molar-refractivity contribution in [3.63, 3.8) is 0 Å². The van der Waals surface area contributed by atoms with Crippen molar-refractivity contribution in [1.29, 1.82) is 0 Å². The number of rotatable bonds is 5. The average molecular weight is 346 g/mol. The third-order valence-electron chi connectivity index (χ3n) is 4.55. The predicted octanol–water partition coefficient (Wildman–Crippen LogP) is 0.398. The molecule has 8 nitrogen and oxygen atoms in total. The van der Waals surface area contributed by atoms with Gasteiger partial charge in [-0.3, -0.25) is 9.59 Å². The van der Waals surface area contributed by atoms with Gasteiger partial charge < -0.3 is 26.4 Å². The van der Waals surface area contributed by atoms with Gasteiger partial charge in [0.15, 0.2) is 0 Å². The maximum atomic E-state index is 12.0. The molecule has 0 radical (unpaired) electrons. The zero-order valence-corrected chi connectivity index (χ0v) is 13.8. The van der Waals surface area contributed by atoms with Gasteiger partial charge in [-0.1, -0.05) is 12.1 Å². The Bertz CT molecular complexity index is 661. The summed E-state index contributed by atoms with van der Waals surface area (Å²) >= 11 is 0. The molecule has 8 heteroatoms. The molecule has 0 bridgehead atoms. The summed E-state index contributed by atoms with van der Waals surface area (Å²) in [6, 6.07) is 6.70. The molecule has 2 fully saturated rings. The van der Waals surface area contributed by atoms with Crippen LogP contribution in [0.5, 0.6) is 0 Å². The number of ether oxygens (including phenoxy) is 1. The van der Waals surface area contributed by atoms with Crippen LogP contribution in [0.2, 0.25) is 0 Å². The number of amides is 4. The average Bonchev–Trinajstić information content (AvgIpc) is 2.60. The summed E-state index contributed by atoms with van der Waals surface area (Å²) in [7, 11) is 0. The van der Waals surface area contributed by atoms with Gasteiger partial charge in [-0.05, 0) is 30.5 Å². The minimum absolute atomic E-state index is 0.105. The first kappa shape index (κ1) is 17.2. The summed E-state index contributed by atoms with van der Waals surface area (Å²) in [5.41, 5.74) is 6.47. The number of nitrogens with two attached hydrogens (primary N) is 1. The third-order valence-corrected chi connectivity index (χ3v) is 4.55. The van der Waals surface area contributed by atoms with E-state index in [1.807, 2.05) is 12.1 Å². The smallest absolute Gasteiger partial charge is 0.317 e. The van der Waals surface area contributed by atoms with Gasteiger partial charge in [0.1, 0.15) is 6.23 Å². The highest BCUT2D eigenvalue weighted by atomic mass is 16.5. The van der Waals surface area contributed by atoms with E-state index >= 15 is 0 Å². The molecule has 5 N–H and O–H groups in total. The van der Waals surface area contributed by atoms with E-state index < -0.39 is 5.91 Å². The number of carbonyl (C=O) groups excluding carboxylic acids is 3. The lowest BCUT2D eigenvalue weighted by Crippen LogP contribution is -2.58. The SMILES string of the molecule is NC(=O)CCNC(=O)c1ccc([C@@H]2NC(=O)N[C@H]3OCCC[C@H]32)cc1. The molecule has 2 aliphatic rings. The van der Waals surface area contributed by atoms with Gasteiger partial charge in [0.05, 0.1) is 6.04 Å². The normalized spacial score (nSPS) is 25.3. The van der Waals surface area contributed by atoms with Crippen LogP contribution in [0.15, 0.2) is 24.3 Å².